The SMILES string of the molecule is COC(=O)C1CN(C(=O)OC(C)(C)C)CCN1C(=O)C=Cc1ccc(Sc2ccc3c(c2)CCOO3)c(C(F)(F)F)c1. The van der Waals surface area contributed by atoms with Gasteiger partial charge < -0.3 is 24.2 Å². The van der Waals surface area contributed by atoms with Crippen molar-refractivity contribution >= 4 is 35.8 Å². The van der Waals surface area contributed by atoms with Crippen molar-refractivity contribution in [3.8, 4) is 5.75 Å². The number of carbonyl (C=O) groups is 3. The predicted octanol–water partition coefficient (Wildman–Crippen LogP) is 5.36. The summed E-state index contributed by atoms with van der Waals surface area (Å²) < 4.78 is 52.3. The fourth-order valence-electron chi connectivity index (χ4n) is 4.38. The van der Waals surface area contributed by atoms with Gasteiger partial charge in [-0.05, 0) is 62.7 Å². The van der Waals surface area contributed by atoms with Crippen LogP contribution in [0.4, 0.5) is 18.0 Å². The fourth-order valence-corrected chi connectivity index (χ4v) is 5.39. The van der Waals surface area contributed by atoms with Crippen molar-refractivity contribution in [2.75, 3.05) is 33.4 Å². The van der Waals surface area contributed by atoms with Crippen molar-refractivity contribution in [1.29, 1.82) is 0 Å². The summed E-state index contributed by atoms with van der Waals surface area (Å²) >= 11 is 0.972. The lowest BCUT2D eigenvalue weighted by Crippen LogP contribution is -2.59. The van der Waals surface area contributed by atoms with Crippen LogP contribution in [0.25, 0.3) is 6.08 Å². The number of halogens is 3. The Morgan fingerprint density at radius 1 is 1.07 bits per heavy atom. The molecule has 4 rings (SSSR count). The van der Waals surface area contributed by atoms with E-state index >= 15 is 0 Å². The highest BCUT2D eigenvalue weighted by Crippen LogP contribution is 2.41. The van der Waals surface area contributed by atoms with Crippen LogP contribution in [0.1, 0.15) is 37.5 Å². The van der Waals surface area contributed by atoms with E-state index in [4.69, 9.17) is 19.2 Å². The van der Waals surface area contributed by atoms with Crippen molar-refractivity contribution in [3.63, 3.8) is 0 Å². The normalized spacial score (nSPS) is 17.5. The standard InChI is InChI=1S/C29H31F3N2O7S/c1-28(2,3)40-27(37)33-12-13-34(22(17-33)26(36)38-4)25(35)10-6-18-5-9-24(21(15-18)29(30,31)32)42-20-7-8-23-19(16-20)11-14-39-41-23/h5-10,15-16,22H,11-14,17H2,1-4H3. The van der Waals surface area contributed by atoms with E-state index in [2.05, 4.69) is 0 Å². The molecule has 0 spiro atoms. The maximum atomic E-state index is 14.0. The van der Waals surface area contributed by atoms with E-state index in [9.17, 15) is 27.6 Å². The second-order valence-corrected chi connectivity index (χ2v) is 11.7. The molecule has 0 N–H and O–H groups in total. The first kappa shape index (κ1) is 31.2. The molecule has 226 valence electrons. The molecule has 2 heterocycles. The van der Waals surface area contributed by atoms with Gasteiger partial charge in [0.1, 0.15) is 11.6 Å². The number of benzene rings is 2. The molecular formula is C29H31F3N2O7S. The third-order valence-electron chi connectivity index (χ3n) is 6.38. The van der Waals surface area contributed by atoms with Crippen LogP contribution in [0.5, 0.6) is 5.75 Å². The summed E-state index contributed by atoms with van der Waals surface area (Å²) in [6.07, 6.45) is -2.33. The van der Waals surface area contributed by atoms with Crippen LogP contribution in [-0.2, 0) is 36.5 Å². The van der Waals surface area contributed by atoms with Crippen molar-refractivity contribution < 1.29 is 46.8 Å². The highest BCUT2D eigenvalue weighted by Gasteiger charge is 2.38. The lowest BCUT2D eigenvalue weighted by molar-refractivity contribution is -0.215. The van der Waals surface area contributed by atoms with Crippen molar-refractivity contribution in [2.45, 2.75) is 54.8 Å². The summed E-state index contributed by atoms with van der Waals surface area (Å²) in [6, 6.07) is 7.79. The molecule has 0 radical (unpaired) electrons. The minimum Gasteiger partial charge on any atom is -0.467 e. The average Bonchev–Trinajstić information content (AvgIpc) is 2.94. The number of carbonyl (C=O) groups excluding carboxylic acids is 3. The monoisotopic (exact) mass is 608 g/mol. The molecule has 2 aromatic rings. The molecule has 0 saturated carbocycles. The van der Waals surface area contributed by atoms with E-state index in [1.54, 1.807) is 39.0 Å². The van der Waals surface area contributed by atoms with Crippen LogP contribution in [-0.4, -0.2) is 72.8 Å². The maximum absolute atomic E-state index is 14.0. The summed E-state index contributed by atoms with van der Waals surface area (Å²) in [5.74, 6) is -0.805. The molecule has 13 heteroatoms. The lowest BCUT2D eigenvalue weighted by atomic mass is 10.1. The van der Waals surface area contributed by atoms with E-state index in [0.717, 1.165) is 36.6 Å². The highest BCUT2D eigenvalue weighted by molar-refractivity contribution is 7.99. The Balaban J connectivity index is 1.50. The zero-order chi connectivity index (χ0) is 30.7. The van der Waals surface area contributed by atoms with Crippen LogP contribution in [0.2, 0.25) is 0 Å². The lowest BCUT2D eigenvalue weighted by Gasteiger charge is -2.39. The number of ether oxygens (including phenoxy) is 2. The zero-order valence-corrected chi connectivity index (χ0v) is 24.3. The summed E-state index contributed by atoms with van der Waals surface area (Å²) in [5, 5.41) is 0. The molecular weight excluding hydrogens is 577 g/mol. The topological polar surface area (TPSA) is 94.6 Å². The van der Waals surface area contributed by atoms with Gasteiger partial charge in [-0.2, -0.15) is 18.1 Å². The summed E-state index contributed by atoms with van der Waals surface area (Å²) in [5.41, 5.74) is -0.604. The average molecular weight is 609 g/mol. The molecule has 42 heavy (non-hydrogen) atoms. The largest absolute Gasteiger partial charge is 0.467 e. The highest BCUT2D eigenvalue weighted by atomic mass is 32.2. The number of hydrogen-bond donors (Lipinski definition) is 0. The Morgan fingerprint density at radius 3 is 2.52 bits per heavy atom. The molecule has 2 aromatic carbocycles. The van der Waals surface area contributed by atoms with E-state index in [-0.39, 0.29) is 30.1 Å². The molecule has 1 unspecified atom stereocenters. The van der Waals surface area contributed by atoms with Gasteiger partial charge in [-0.1, -0.05) is 17.8 Å². The van der Waals surface area contributed by atoms with Crippen molar-refractivity contribution in [1.82, 2.24) is 9.80 Å². The number of amides is 2. The molecule has 1 saturated heterocycles. The van der Waals surface area contributed by atoms with E-state index < -0.39 is 41.4 Å². The molecule has 2 aliphatic heterocycles. The third kappa shape index (κ3) is 7.77. The van der Waals surface area contributed by atoms with Crippen molar-refractivity contribution in [2.24, 2.45) is 0 Å². The third-order valence-corrected chi connectivity index (χ3v) is 7.44. The fraction of sp³-hybridized carbons (Fsp3) is 0.414. The van der Waals surface area contributed by atoms with Gasteiger partial charge in [0.2, 0.25) is 5.91 Å². The van der Waals surface area contributed by atoms with E-state index in [0.29, 0.717) is 23.7 Å². The number of alkyl halides is 3. The molecule has 2 aliphatic rings. The van der Waals surface area contributed by atoms with Gasteiger partial charge in [0.25, 0.3) is 0 Å². The minimum absolute atomic E-state index is 0.00271. The van der Waals surface area contributed by atoms with Gasteiger partial charge in [0.05, 0.1) is 25.8 Å². The van der Waals surface area contributed by atoms with Crippen LogP contribution >= 0.6 is 11.8 Å². The second-order valence-electron chi connectivity index (χ2n) is 10.6. The Kier molecular flexibility index (Phi) is 9.41. The van der Waals surface area contributed by atoms with Gasteiger partial charge in [0, 0.05) is 40.9 Å². The maximum Gasteiger partial charge on any atom is 0.417 e. The zero-order valence-electron chi connectivity index (χ0n) is 23.5. The molecule has 0 bridgehead atoms. The number of nitrogens with zero attached hydrogens (tertiary/aromatic N) is 2. The van der Waals surface area contributed by atoms with Gasteiger partial charge >= 0.3 is 18.2 Å². The Bertz CT molecular complexity index is 1370. The van der Waals surface area contributed by atoms with Gasteiger partial charge in [-0.3, -0.25) is 4.79 Å². The molecule has 1 fully saturated rings. The smallest absolute Gasteiger partial charge is 0.417 e. The van der Waals surface area contributed by atoms with Crippen LogP contribution in [0.3, 0.4) is 0 Å². The number of piperazine rings is 1. The molecule has 2 amide bonds. The van der Waals surface area contributed by atoms with Gasteiger partial charge in [-0.15, -0.1) is 0 Å². The Morgan fingerprint density at radius 2 is 1.83 bits per heavy atom. The van der Waals surface area contributed by atoms with E-state index in [1.807, 2.05) is 0 Å². The first-order valence-electron chi connectivity index (χ1n) is 13.1. The molecule has 1 atom stereocenters. The molecule has 0 aliphatic carbocycles. The first-order chi connectivity index (χ1) is 19.7. The summed E-state index contributed by atoms with van der Waals surface area (Å²) in [7, 11) is 1.16. The van der Waals surface area contributed by atoms with E-state index in [1.165, 1.54) is 28.0 Å². The minimum atomic E-state index is -4.64. The number of rotatable bonds is 5. The quantitative estimate of drug-likeness (QED) is 0.255. The second kappa shape index (κ2) is 12.7. The number of esters is 1. The summed E-state index contributed by atoms with van der Waals surface area (Å²) in [6.45, 7) is 5.45. The van der Waals surface area contributed by atoms with Gasteiger partial charge in [-0.25, -0.2) is 9.59 Å². The number of hydrogen-bond acceptors (Lipinski definition) is 8. The van der Waals surface area contributed by atoms with Gasteiger partial charge in [0.15, 0.2) is 5.75 Å². The van der Waals surface area contributed by atoms with Crippen LogP contribution < -0.4 is 4.89 Å². The predicted molar refractivity (Wildman–Crippen MR) is 147 cm³/mol. The Labute approximate surface area is 245 Å². The Hall–Kier alpha value is -3.71. The van der Waals surface area contributed by atoms with Crippen LogP contribution in [0.15, 0.2) is 52.3 Å². The molecule has 9 nitrogen and oxygen atoms in total. The molecule has 0 aromatic heterocycles. The summed E-state index contributed by atoms with van der Waals surface area (Å²) in [4.78, 5) is 51.2. The first-order valence-corrected chi connectivity index (χ1v) is 13.9. The van der Waals surface area contributed by atoms with Crippen molar-refractivity contribution in [3.05, 3.63) is 59.2 Å². The number of methoxy groups -OCH3 is 1. The van der Waals surface area contributed by atoms with Crippen LogP contribution in [0, 0.1) is 0 Å². The number of fused-ring (bicyclic) bond motifs is 1.